The van der Waals surface area contributed by atoms with Gasteiger partial charge in [0.15, 0.2) is 0 Å². The van der Waals surface area contributed by atoms with Crippen LogP contribution < -0.4 is 5.73 Å². The Morgan fingerprint density at radius 3 is 2.92 bits per heavy atom. The third-order valence-corrected chi connectivity index (χ3v) is 2.77. The molecule has 1 heterocycles. The highest BCUT2D eigenvalue weighted by Crippen LogP contribution is 2.20. The number of rotatable bonds is 4. The molecular weight excluding hydrogens is 168 g/mol. The van der Waals surface area contributed by atoms with E-state index in [0.717, 1.165) is 19.4 Å². The first-order valence-electron chi connectivity index (χ1n) is 4.89. The van der Waals surface area contributed by atoms with Crippen molar-refractivity contribution in [3.05, 3.63) is 0 Å². The summed E-state index contributed by atoms with van der Waals surface area (Å²) in [6.07, 6.45) is 2.78. The molecule has 1 aliphatic rings. The predicted octanol–water partition coefficient (Wildman–Crippen LogP) is 0.273. The highest BCUT2D eigenvalue weighted by molar-refractivity contribution is 5.73. The van der Waals surface area contributed by atoms with Crippen LogP contribution in [0.5, 0.6) is 0 Å². The van der Waals surface area contributed by atoms with Crippen molar-refractivity contribution in [1.82, 2.24) is 4.90 Å². The third kappa shape index (κ3) is 2.19. The number of carboxylic acid groups (broad SMARTS) is 1. The van der Waals surface area contributed by atoms with E-state index in [1.807, 2.05) is 11.8 Å². The second-order valence-corrected chi connectivity index (χ2v) is 3.53. The predicted molar refractivity (Wildman–Crippen MR) is 50.5 cm³/mol. The first-order valence-corrected chi connectivity index (χ1v) is 4.89. The number of hydrogen-bond acceptors (Lipinski definition) is 3. The van der Waals surface area contributed by atoms with Crippen LogP contribution in [-0.2, 0) is 4.79 Å². The summed E-state index contributed by atoms with van der Waals surface area (Å²) < 4.78 is 0. The molecule has 76 valence electrons. The first kappa shape index (κ1) is 10.5. The monoisotopic (exact) mass is 186 g/mol. The van der Waals surface area contributed by atoms with Crippen molar-refractivity contribution < 1.29 is 9.90 Å². The van der Waals surface area contributed by atoms with Crippen molar-refractivity contribution in [2.45, 2.75) is 38.3 Å². The van der Waals surface area contributed by atoms with Crippen LogP contribution in [0.2, 0.25) is 0 Å². The number of carboxylic acids is 1. The van der Waals surface area contributed by atoms with E-state index in [2.05, 4.69) is 0 Å². The molecule has 1 saturated heterocycles. The largest absolute Gasteiger partial charge is 0.480 e. The molecule has 2 atom stereocenters. The lowest BCUT2D eigenvalue weighted by molar-refractivity contribution is -0.143. The Bertz CT molecular complexity index is 184. The van der Waals surface area contributed by atoms with E-state index >= 15 is 0 Å². The molecule has 1 rings (SSSR count). The number of nitrogens with zero attached hydrogens (tertiary/aromatic N) is 1. The van der Waals surface area contributed by atoms with Gasteiger partial charge in [0.1, 0.15) is 6.04 Å². The maximum Gasteiger partial charge on any atom is 0.320 e. The summed E-state index contributed by atoms with van der Waals surface area (Å²) >= 11 is 0. The SMILES string of the molecule is CCC(C(=O)O)N1CCCC1CN. The minimum atomic E-state index is -0.720. The van der Waals surface area contributed by atoms with E-state index < -0.39 is 5.97 Å². The van der Waals surface area contributed by atoms with Crippen LogP contribution in [0, 0.1) is 0 Å². The lowest BCUT2D eigenvalue weighted by Crippen LogP contribution is -2.46. The van der Waals surface area contributed by atoms with Gasteiger partial charge < -0.3 is 10.8 Å². The molecule has 1 aliphatic heterocycles. The van der Waals surface area contributed by atoms with Gasteiger partial charge in [-0.05, 0) is 25.8 Å². The molecule has 0 amide bonds. The standard InChI is InChI=1S/C9H18N2O2/c1-2-8(9(12)13)11-5-3-4-7(11)6-10/h7-8H,2-6,10H2,1H3,(H,12,13). The van der Waals surface area contributed by atoms with Crippen LogP contribution in [-0.4, -0.2) is 41.1 Å². The van der Waals surface area contributed by atoms with Crippen molar-refractivity contribution in [3.63, 3.8) is 0 Å². The molecule has 4 heteroatoms. The summed E-state index contributed by atoms with van der Waals surface area (Å²) in [7, 11) is 0. The van der Waals surface area contributed by atoms with Crippen LogP contribution in [0.3, 0.4) is 0 Å². The molecule has 0 bridgehead atoms. The van der Waals surface area contributed by atoms with E-state index in [0.29, 0.717) is 13.0 Å². The molecule has 2 unspecified atom stereocenters. The fourth-order valence-electron chi connectivity index (χ4n) is 2.07. The zero-order chi connectivity index (χ0) is 9.84. The number of aliphatic carboxylic acids is 1. The third-order valence-electron chi connectivity index (χ3n) is 2.77. The molecule has 3 N–H and O–H groups in total. The van der Waals surface area contributed by atoms with Gasteiger partial charge in [-0.15, -0.1) is 0 Å². The summed E-state index contributed by atoms with van der Waals surface area (Å²) in [5.41, 5.74) is 5.58. The Morgan fingerprint density at radius 1 is 1.77 bits per heavy atom. The zero-order valence-corrected chi connectivity index (χ0v) is 8.07. The Labute approximate surface area is 78.7 Å². The van der Waals surface area contributed by atoms with E-state index in [1.165, 1.54) is 0 Å². The van der Waals surface area contributed by atoms with Gasteiger partial charge in [-0.1, -0.05) is 6.92 Å². The van der Waals surface area contributed by atoms with Gasteiger partial charge in [0, 0.05) is 12.6 Å². The zero-order valence-electron chi connectivity index (χ0n) is 8.07. The van der Waals surface area contributed by atoms with Crippen LogP contribution >= 0.6 is 0 Å². The highest BCUT2D eigenvalue weighted by Gasteiger charge is 2.32. The van der Waals surface area contributed by atoms with Crippen molar-refractivity contribution in [3.8, 4) is 0 Å². The smallest absolute Gasteiger partial charge is 0.320 e. The molecule has 0 aromatic heterocycles. The molecule has 13 heavy (non-hydrogen) atoms. The van der Waals surface area contributed by atoms with E-state index in [1.54, 1.807) is 0 Å². The summed E-state index contributed by atoms with van der Waals surface area (Å²) in [5, 5.41) is 8.96. The maximum atomic E-state index is 10.9. The van der Waals surface area contributed by atoms with Crippen molar-refractivity contribution >= 4 is 5.97 Å². The fraction of sp³-hybridized carbons (Fsp3) is 0.889. The number of carbonyl (C=O) groups is 1. The molecule has 0 radical (unpaired) electrons. The molecule has 0 aromatic carbocycles. The first-order chi connectivity index (χ1) is 6.20. The minimum Gasteiger partial charge on any atom is -0.480 e. The number of likely N-dealkylation sites (tertiary alicyclic amines) is 1. The van der Waals surface area contributed by atoms with Gasteiger partial charge in [0.05, 0.1) is 0 Å². The van der Waals surface area contributed by atoms with Gasteiger partial charge >= 0.3 is 5.97 Å². The second kappa shape index (κ2) is 4.58. The van der Waals surface area contributed by atoms with Crippen LogP contribution in [0.4, 0.5) is 0 Å². The van der Waals surface area contributed by atoms with Gasteiger partial charge in [0.25, 0.3) is 0 Å². The van der Waals surface area contributed by atoms with E-state index in [9.17, 15) is 4.79 Å². The van der Waals surface area contributed by atoms with Crippen LogP contribution in [0.25, 0.3) is 0 Å². The van der Waals surface area contributed by atoms with Gasteiger partial charge in [0.2, 0.25) is 0 Å². The fourth-order valence-corrected chi connectivity index (χ4v) is 2.07. The van der Waals surface area contributed by atoms with Crippen molar-refractivity contribution in [1.29, 1.82) is 0 Å². The average Bonchev–Trinajstić information content (AvgIpc) is 2.53. The van der Waals surface area contributed by atoms with E-state index in [4.69, 9.17) is 10.8 Å². The van der Waals surface area contributed by atoms with Gasteiger partial charge in [-0.25, -0.2) is 0 Å². The summed E-state index contributed by atoms with van der Waals surface area (Å²) in [4.78, 5) is 12.9. The maximum absolute atomic E-state index is 10.9. The quantitative estimate of drug-likeness (QED) is 0.661. The Balaban J connectivity index is 2.61. The molecule has 0 aliphatic carbocycles. The van der Waals surface area contributed by atoms with E-state index in [-0.39, 0.29) is 12.1 Å². The average molecular weight is 186 g/mol. The minimum absolute atomic E-state index is 0.279. The van der Waals surface area contributed by atoms with Crippen LogP contribution in [0.1, 0.15) is 26.2 Å². The van der Waals surface area contributed by atoms with Crippen molar-refractivity contribution in [2.24, 2.45) is 5.73 Å². The molecule has 1 fully saturated rings. The van der Waals surface area contributed by atoms with Gasteiger partial charge in [-0.2, -0.15) is 0 Å². The van der Waals surface area contributed by atoms with Gasteiger partial charge in [-0.3, -0.25) is 9.69 Å². The Morgan fingerprint density at radius 2 is 2.46 bits per heavy atom. The summed E-state index contributed by atoms with van der Waals surface area (Å²) in [6.45, 7) is 3.36. The Kier molecular flexibility index (Phi) is 3.69. The lowest BCUT2D eigenvalue weighted by Gasteiger charge is -2.28. The second-order valence-electron chi connectivity index (χ2n) is 3.53. The Hall–Kier alpha value is -0.610. The number of nitrogens with two attached hydrogens (primary N) is 1. The molecule has 4 nitrogen and oxygen atoms in total. The molecule has 0 saturated carbocycles. The molecule has 0 spiro atoms. The van der Waals surface area contributed by atoms with Crippen molar-refractivity contribution in [2.75, 3.05) is 13.1 Å². The molecular formula is C9H18N2O2. The normalized spacial score (nSPS) is 26.2. The molecule has 0 aromatic rings. The summed E-state index contributed by atoms with van der Waals surface area (Å²) in [6, 6.07) is -0.0582. The topological polar surface area (TPSA) is 66.6 Å². The number of hydrogen-bond donors (Lipinski definition) is 2. The summed E-state index contributed by atoms with van der Waals surface area (Å²) in [5.74, 6) is -0.720. The lowest BCUT2D eigenvalue weighted by atomic mass is 10.1. The van der Waals surface area contributed by atoms with Crippen LogP contribution in [0.15, 0.2) is 0 Å². The highest BCUT2D eigenvalue weighted by atomic mass is 16.4.